The third-order valence-corrected chi connectivity index (χ3v) is 8.99. The fourth-order valence-electron chi connectivity index (χ4n) is 7.76. The molecule has 1 N–H and O–H groups in total. The van der Waals surface area contributed by atoms with Gasteiger partial charge in [-0.1, -0.05) is 13.8 Å². The first-order valence-electron chi connectivity index (χ1n) is 9.97. The van der Waals surface area contributed by atoms with E-state index in [-0.39, 0.29) is 28.8 Å². The second-order valence-electron chi connectivity index (χ2n) is 9.82. The van der Waals surface area contributed by atoms with Gasteiger partial charge in [-0.3, -0.25) is 9.59 Å². The van der Waals surface area contributed by atoms with Crippen molar-refractivity contribution >= 4 is 11.6 Å². The van der Waals surface area contributed by atoms with E-state index >= 15 is 0 Å². The Labute approximate surface area is 145 Å². The van der Waals surface area contributed by atoms with E-state index in [0.29, 0.717) is 42.2 Å². The molecule has 8 atom stereocenters. The highest BCUT2D eigenvalue weighted by Crippen LogP contribution is 2.67. The van der Waals surface area contributed by atoms with Gasteiger partial charge in [-0.05, 0) is 80.0 Å². The van der Waals surface area contributed by atoms with Gasteiger partial charge in [-0.2, -0.15) is 0 Å². The molecule has 0 aliphatic heterocycles. The van der Waals surface area contributed by atoms with Gasteiger partial charge in [0, 0.05) is 18.8 Å². The lowest BCUT2D eigenvalue weighted by atomic mass is 9.44. The van der Waals surface area contributed by atoms with Crippen LogP contribution in [0.2, 0.25) is 0 Å². The van der Waals surface area contributed by atoms with Gasteiger partial charge in [-0.15, -0.1) is 0 Å². The normalized spacial score (nSPS) is 53.9. The number of aliphatic hydroxyl groups excluding tert-OH is 1. The van der Waals surface area contributed by atoms with Crippen molar-refractivity contribution < 1.29 is 14.7 Å². The van der Waals surface area contributed by atoms with E-state index in [4.69, 9.17) is 0 Å². The van der Waals surface area contributed by atoms with Gasteiger partial charge in [0.05, 0.1) is 6.10 Å². The quantitative estimate of drug-likeness (QED) is 0.795. The molecule has 0 aromatic rings. The molecule has 3 nitrogen and oxygen atoms in total. The van der Waals surface area contributed by atoms with Crippen LogP contribution in [0.3, 0.4) is 0 Å². The Morgan fingerprint density at radius 1 is 1.04 bits per heavy atom. The summed E-state index contributed by atoms with van der Waals surface area (Å²) in [6, 6.07) is 0. The summed E-state index contributed by atoms with van der Waals surface area (Å²) in [4.78, 5) is 24.1. The average molecular weight is 332 g/mol. The summed E-state index contributed by atoms with van der Waals surface area (Å²) in [5, 5.41) is 10.9. The fourth-order valence-corrected chi connectivity index (χ4v) is 7.76. The molecule has 0 saturated heterocycles. The van der Waals surface area contributed by atoms with Crippen LogP contribution < -0.4 is 0 Å². The first-order chi connectivity index (χ1) is 11.3. The van der Waals surface area contributed by atoms with Crippen LogP contribution in [0.5, 0.6) is 0 Å². The number of Topliss-reactive ketones (excluding diaryl/α,β-unsaturated/α-hetero) is 2. The molecule has 4 aliphatic rings. The summed E-state index contributed by atoms with van der Waals surface area (Å²) in [6.45, 7) is 6.46. The highest BCUT2D eigenvalue weighted by Gasteiger charge is 2.62. The fraction of sp³-hybridized carbons (Fsp3) is 0.905. The Kier molecular flexibility index (Phi) is 3.77. The van der Waals surface area contributed by atoms with Crippen molar-refractivity contribution in [3.05, 3.63) is 0 Å². The largest absolute Gasteiger partial charge is 0.393 e. The second kappa shape index (κ2) is 5.40. The number of hydrogen-bond donors (Lipinski definition) is 1. The summed E-state index contributed by atoms with van der Waals surface area (Å²) in [5.41, 5.74) is 0.256. The zero-order valence-electron chi connectivity index (χ0n) is 15.4. The topological polar surface area (TPSA) is 54.4 Å². The Morgan fingerprint density at radius 2 is 1.75 bits per heavy atom. The Morgan fingerprint density at radius 3 is 2.46 bits per heavy atom. The minimum Gasteiger partial charge on any atom is -0.393 e. The van der Waals surface area contributed by atoms with Gasteiger partial charge in [0.25, 0.3) is 0 Å². The van der Waals surface area contributed by atoms with Crippen molar-refractivity contribution in [3.63, 3.8) is 0 Å². The molecule has 4 fully saturated rings. The summed E-state index contributed by atoms with van der Waals surface area (Å²) in [7, 11) is 0. The van der Waals surface area contributed by atoms with Crippen LogP contribution in [0.4, 0.5) is 0 Å². The van der Waals surface area contributed by atoms with Crippen LogP contribution in [-0.2, 0) is 9.59 Å². The Hall–Kier alpha value is -0.700. The molecule has 0 heterocycles. The van der Waals surface area contributed by atoms with Crippen molar-refractivity contribution in [3.8, 4) is 0 Å². The lowest BCUT2D eigenvalue weighted by Crippen LogP contribution is -2.58. The Balaban J connectivity index is 1.67. The number of hydrogen-bond acceptors (Lipinski definition) is 3. The molecule has 4 saturated carbocycles. The third-order valence-electron chi connectivity index (χ3n) is 8.99. The smallest absolute Gasteiger partial charge is 0.133 e. The highest BCUT2D eigenvalue weighted by atomic mass is 16.3. The number of carbonyl (C=O) groups is 2. The van der Waals surface area contributed by atoms with Crippen molar-refractivity contribution in [2.75, 3.05) is 0 Å². The zero-order chi connectivity index (χ0) is 17.3. The molecular formula is C21H32O3. The molecule has 0 aromatic heterocycles. The summed E-state index contributed by atoms with van der Waals surface area (Å²) in [6.07, 6.45) is 7.25. The van der Waals surface area contributed by atoms with Crippen LogP contribution in [0.15, 0.2) is 0 Å². The van der Waals surface area contributed by atoms with Gasteiger partial charge in [0.2, 0.25) is 0 Å². The predicted molar refractivity (Wildman–Crippen MR) is 92.3 cm³/mol. The monoisotopic (exact) mass is 332 g/mol. The molecule has 0 aromatic carbocycles. The first-order valence-corrected chi connectivity index (χ1v) is 9.97. The number of ketones is 2. The summed E-state index contributed by atoms with van der Waals surface area (Å²) >= 11 is 0. The van der Waals surface area contributed by atoms with E-state index in [9.17, 15) is 14.7 Å². The second-order valence-corrected chi connectivity index (χ2v) is 9.82. The molecule has 0 bridgehead atoms. The summed E-state index contributed by atoms with van der Waals surface area (Å²) < 4.78 is 0. The van der Waals surface area contributed by atoms with Crippen LogP contribution in [-0.4, -0.2) is 22.8 Å². The maximum atomic E-state index is 12.2. The lowest BCUT2D eigenvalue weighted by molar-refractivity contribution is -0.166. The van der Waals surface area contributed by atoms with E-state index in [1.165, 1.54) is 6.42 Å². The molecule has 0 radical (unpaired) electrons. The van der Waals surface area contributed by atoms with Crippen molar-refractivity contribution in [2.24, 2.45) is 40.4 Å². The molecule has 4 aliphatic carbocycles. The molecule has 24 heavy (non-hydrogen) atoms. The third kappa shape index (κ3) is 2.12. The molecule has 0 spiro atoms. The molecule has 0 unspecified atom stereocenters. The molecule has 4 rings (SSSR count). The maximum Gasteiger partial charge on any atom is 0.133 e. The van der Waals surface area contributed by atoms with Crippen LogP contribution in [0.25, 0.3) is 0 Å². The number of rotatable bonds is 1. The molecule has 0 amide bonds. The number of aliphatic hydroxyl groups is 1. The van der Waals surface area contributed by atoms with Gasteiger partial charge in [-0.25, -0.2) is 0 Å². The minimum atomic E-state index is -0.334. The van der Waals surface area contributed by atoms with Gasteiger partial charge < -0.3 is 5.11 Å². The Bertz CT molecular complexity index is 569. The molecule has 134 valence electrons. The number of carbonyl (C=O) groups excluding carboxylic acids is 2. The van der Waals surface area contributed by atoms with E-state index in [2.05, 4.69) is 13.8 Å². The lowest BCUT2D eigenvalue weighted by Gasteiger charge is -2.61. The maximum absolute atomic E-state index is 12.2. The van der Waals surface area contributed by atoms with Gasteiger partial charge >= 0.3 is 0 Å². The van der Waals surface area contributed by atoms with Crippen molar-refractivity contribution in [1.82, 2.24) is 0 Å². The predicted octanol–water partition coefficient (Wildman–Crippen LogP) is 3.77. The van der Waals surface area contributed by atoms with Crippen LogP contribution in [0, 0.1) is 40.4 Å². The minimum absolute atomic E-state index is 0.117. The summed E-state index contributed by atoms with van der Waals surface area (Å²) in [5.74, 6) is 2.83. The van der Waals surface area contributed by atoms with Gasteiger partial charge in [0.1, 0.15) is 11.6 Å². The average Bonchev–Trinajstić information content (AvgIpc) is 2.87. The van der Waals surface area contributed by atoms with Crippen LogP contribution >= 0.6 is 0 Å². The van der Waals surface area contributed by atoms with E-state index in [1.807, 2.05) is 0 Å². The SMILES string of the molecule is CC(=O)[C@H]1CC[C@H]2[C@@H]3C[C@H](O)[C@H]4CC(=O)CC[C@]4(C)[C@H]3CC[C@]12C. The number of fused-ring (bicyclic) bond motifs is 5. The van der Waals surface area contributed by atoms with Crippen molar-refractivity contribution in [2.45, 2.75) is 78.2 Å². The highest BCUT2D eigenvalue weighted by molar-refractivity contribution is 5.80. The first kappa shape index (κ1) is 16.8. The molecule has 3 heteroatoms. The van der Waals surface area contributed by atoms with Gasteiger partial charge in [0.15, 0.2) is 0 Å². The van der Waals surface area contributed by atoms with E-state index < -0.39 is 0 Å². The molecular weight excluding hydrogens is 300 g/mol. The zero-order valence-corrected chi connectivity index (χ0v) is 15.4. The van der Waals surface area contributed by atoms with Crippen molar-refractivity contribution in [1.29, 1.82) is 0 Å². The van der Waals surface area contributed by atoms with E-state index in [0.717, 1.165) is 32.1 Å². The standard InChI is InChI=1S/C21H32O3/c1-12(22)15-4-5-16-14-11-19(24)18-10-13(23)6-8-21(18,3)17(14)7-9-20(15,16)2/h14-19,24H,4-11H2,1-3H3/t14-,15+,16-,17-,18+,19-,20+,21+/m0/s1. The van der Waals surface area contributed by atoms with E-state index in [1.54, 1.807) is 6.92 Å². The van der Waals surface area contributed by atoms with Crippen LogP contribution in [0.1, 0.15) is 72.1 Å².